The molecule has 2 atom stereocenters. The van der Waals surface area contributed by atoms with Crippen molar-refractivity contribution in [1.82, 2.24) is 10.3 Å². The van der Waals surface area contributed by atoms with Crippen LogP contribution in [0.2, 0.25) is 0 Å². The van der Waals surface area contributed by atoms with Gasteiger partial charge >= 0.3 is 6.09 Å². The lowest BCUT2D eigenvalue weighted by Gasteiger charge is -2.41. The fourth-order valence-electron chi connectivity index (χ4n) is 3.78. The molecule has 8 heteroatoms. The number of benzene rings is 1. The zero-order valence-electron chi connectivity index (χ0n) is 17.8. The van der Waals surface area contributed by atoms with E-state index >= 15 is 0 Å². The number of carbonyl (C=O) groups excluding carboxylic acids is 2. The average molecular weight is 415 g/mol. The second-order valence-corrected chi connectivity index (χ2v) is 8.50. The number of fused-ring (bicyclic) bond motifs is 1. The summed E-state index contributed by atoms with van der Waals surface area (Å²) >= 11 is 0. The molecule has 1 fully saturated rings. The molecule has 0 radical (unpaired) electrons. The van der Waals surface area contributed by atoms with Crippen molar-refractivity contribution in [2.75, 3.05) is 12.2 Å². The minimum atomic E-state index is -1.82. The molecule has 1 heterocycles. The molecular weight excluding hydrogens is 386 g/mol. The van der Waals surface area contributed by atoms with E-state index in [-0.39, 0.29) is 6.42 Å². The van der Waals surface area contributed by atoms with Gasteiger partial charge in [-0.15, -0.1) is 0 Å². The van der Waals surface area contributed by atoms with Gasteiger partial charge in [0.25, 0.3) is 5.91 Å². The average Bonchev–Trinajstić information content (AvgIpc) is 2.69. The molecule has 3 rings (SSSR count). The van der Waals surface area contributed by atoms with E-state index in [0.717, 1.165) is 11.5 Å². The van der Waals surface area contributed by atoms with Crippen molar-refractivity contribution < 1.29 is 24.3 Å². The number of aliphatic hydroxyl groups is 1. The first-order chi connectivity index (χ1) is 14.2. The highest BCUT2D eigenvalue weighted by molar-refractivity contribution is 6.04. The van der Waals surface area contributed by atoms with E-state index in [1.807, 2.05) is 24.3 Å². The monoisotopic (exact) mass is 415 g/mol. The Hall–Kier alpha value is -2.71. The van der Waals surface area contributed by atoms with Crippen LogP contribution in [0.4, 0.5) is 10.5 Å². The minimum Gasteiger partial charge on any atom is -0.444 e. The summed E-state index contributed by atoms with van der Waals surface area (Å²) in [6, 6.07) is 8.23. The summed E-state index contributed by atoms with van der Waals surface area (Å²) in [4.78, 5) is 35.5. The zero-order chi connectivity index (χ0) is 21.9. The van der Waals surface area contributed by atoms with Gasteiger partial charge in [-0.2, -0.15) is 5.06 Å². The number of hydrogen-bond donors (Lipinski definition) is 2. The standard InChI is InChI=1S/C22H29N3O5/c1-21(2,3)30-20(27)24-18-11-7-8-13-22(18,28)19(26)25(29-4)17-12-14-23-16-10-6-5-9-15(16)17/h5-6,9-10,12,14,18,28H,7-8,11,13H2,1-4H3,(H,24,27). The molecule has 2 unspecified atom stereocenters. The number of nitrogens with one attached hydrogen (secondary N) is 1. The van der Waals surface area contributed by atoms with Crippen LogP contribution in [0.25, 0.3) is 10.9 Å². The topological polar surface area (TPSA) is 101 Å². The molecule has 1 aromatic carbocycles. The Morgan fingerprint density at radius 1 is 1.23 bits per heavy atom. The number of aromatic nitrogens is 1. The van der Waals surface area contributed by atoms with E-state index in [1.54, 1.807) is 33.0 Å². The van der Waals surface area contributed by atoms with Crippen LogP contribution in [0.15, 0.2) is 36.5 Å². The molecular formula is C22H29N3O5. The second kappa shape index (κ2) is 8.57. The molecule has 1 aromatic heterocycles. The Morgan fingerprint density at radius 2 is 1.97 bits per heavy atom. The second-order valence-electron chi connectivity index (χ2n) is 8.50. The molecule has 2 aromatic rings. The largest absolute Gasteiger partial charge is 0.444 e. The molecule has 0 aliphatic heterocycles. The SMILES string of the molecule is CON(C(=O)C1(O)CCCCC1NC(=O)OC(C)(C)C)c1ccnc2ccccc12. The number of amides is 2. The first-order valence-electron chi connectivity index (χ1n) is 10.1. The zero-order valence-corrected chi connectivity index (χ0v) is 17.8. The molecule has 0 spiro atoms. The Labute approximate surface area is 176 Å². The van der Waals surface area contributed by atoms with Gasteiger partial charge in [0.05, 0.1) is 24.4 Å². The summed E-state index contributed by atoms with van der Waals surface area (Å²) in [5, 5.41) is 15.9. The van der Waals surface area contributed by atoms with E-state index < -0.39 is 29.2 Å². The molecule has 2 amide bonds. The van der Waals surface area contributed by atoms with E-state index in [4.69, 9.17) is 9.57 Å². The van der Waals surface area contributed by atoms with E-state index in [0.29, 0.717) is 29.4 Å². The molecule has 1 saturated carbocycles. The highest BCUT2D eigenvalue weighted by Crippen LogP contribution is 2.34. The number of hydroxylamine groups is 1. The number of rotatable bonds is 4. The van der Waals surface area contributed by atoms with Crippen molar-refractivity contribution >= 4 is 28.6 Å². The molecule has 30 heavy (non-hydrogen) atoms. The van der Waals surface area contributed by atoms with Gasteiger partial charge in [0, 0.05) is 11.6 Å². The predicted octanol–water partition coefficient (Wildman–Crippen LogP) is 3.33. The maximum Gasteiger partial charge on any atom is 0.407 e. The normalized spacial score (nSPS) is 21.8. The highest BCUT2D eigenvalue weighted by atomic mass is 16.7. The van der Waals surface area contributed by atoms with Gasteiger partial charge in [-0.1, -0.05) is 24.6 Å². The third-order valence-corrected chi connectivity index (χ3v) is 5.15. The third kappa shape index (κ3) is 4.55. The molecule has 2 N–H and O–H groups in total. The third-order valence-electron chi connectivity index (χ3n) is 5.15. The van der Waals surface area contributed by atoms with Crippen LogP contribution in [-0.4, -0.2) is 46.4 Å². The summed E-state index contributed by atoms with van der Waals surface area (Å²) in [7, 11) is 1.37. The predicted molar refractivity (Wildman–Crippen MR) is 113 cm³/mol. The molecule has 8 nitrogen and oxygen atoms in total. The fraction of sp³-hybridized carbons (Fsp3) is 0.500. The van der Waals surface area contributed by atoms with Gasteiger partial charge in [-0.05, 0) is 52.2 Å². The quantitative estimate of drug-likeness (QED) is 0.743. The van der Waals surface area contributed by atoms with E-state index in [1.165, 1.54) is 7.11 Å². The van der Waals surface area contributed by atoms with Crippen LogP contribution < -0.4 is 10.4 Å². The Morgan fingerprint density at radius 3 is 2.67 bits per heavy atom. The number of pyridine rings is 1. The minimum absolute atomic E-state index is 0.204. The maximum absolute atomic E-state index is 13.5. The van der Waals surface area contributed by atoms with Crippen molar-refractivity contribution in [3.63, 3.8) is 0 Å². The molecule has 0 bridgehead atoms. The Kier molecular flexibility index (Phi) is 6.28. The van der Waals surface area contributed by atoms with Gasteiger partial charge in [0.2, 0.25) is 0 Å². The summed E-state index contributed by atoms with van der Waals surface area (Å²) < 4.78 is 5.32. The van der Waals surface area contributed by atoms with Crippen molar-refractivity contribution in [3.8, 4) is 0 Å². The van der Waals surface area contributed by atoms with Crippen molar-refractivity contribution in [1.29, 1.82) is 0 Å². The fourth-order valence-corrected chi connectivity index (χ4v) is 3.78. The summed E-state index contributed by atoms with van der Waals surface area (Å²) in [6.45, 7) is 5.27. The van der Waals surface area contributed by atoms with Crippen molar-refractivity contribution in [2.45, 2.75) is 63.7 Å². The molecule has 1 aliphatic rings. The Bertz CT molecular complexity index is 921. The molecule has 162 valence electrons. The summed E-state index contributed by atoms with van der Waals surface area (Å²) in [5.41, 5.74) is -1.34. The van der Waals surface area contributed by atoms with Gasteiger partial charge in [-0.3, -0.25) is 14.6 Å². The van der Waals surface area contributed by atoms with Gasteiger partial charge in [0.1, 0.15) is 5.60 Å². The lowest BCUT2D eigenvalue weighted by atomic mass is 9.79. The summed E-state index contributed by atoms with van der Waals surface area (Å²) in [6.07, 6.45) is 3.01. The lowest BCUT2D eigenvalue weighted by molar-refractivity contribution is -0.150. The van der Waals surface area contributed by atoms with Crippen molar-refractivity contribution in [2.24, 2.45) is 0 Å². The Balaban J connectivity index is 1.91. The first kappa shape index (κ1) is 22.0. The van der Waals surface area contributed by atoms with Crippen molar-refractivity contribution in [3.05, 3.63) is 36.5 Å². The van der Waals surface area contributed by atoms with Crippen LogP contribution in [0.1, 0.15) is 46.5 Å². The smallest absolute Gasteiger partial charge is 0.407 e. The highest BCUT2D eigenvalue weighted by Gasteiger charge is 2.49. The molecule has 1 aliphatic carbocycles. The van der Waals surface area contributed by atoms with Crippen LogP contribution in [-0.2, 0) is 14.4 Å². The summed E-state index contributed by atoms with van der Waals surface area (Å²) in [5.74, 6) is -0.637. The molecule has 0 saturated heterocycles. The number of alkyl carbamates (subject to hydrolysis) is 1. The number of anilines is 1. The number of carbonyl (C=O) groups is 2. The lowest BCUT2D eigenvalue weighted by Crippen LogP contribution is -2.63. The van der Waals surface area contributed by atoms with Crippen LogP contribution >= 0.6 is 0 Å². The maximum atomic E-state index is 13.5. The van der Waals surface area contributed by atoms with Gasteiger partial charge in [-0.25, -0.2) is 4.79 Å². The number of nitrogens with zero attached hydrogens (tertiary/aromatic N) is 2. The van der Waals surface area contributed by atoms with Crippen LogP contribution in [0, 0.1) is 0 Å². The van der Waals surface area contributed by atoms with Gasteiger partial charge in [0.15, 0.2) is 5.60 Å². The van der Waals surface area contributed by atoms with Gasteiger partial charge < -0.3 is 15.2 Å². The number of para-hydroxylation sites is 1. The number of hydrogen-bond acceptors (Lipinski definition) is 6. The first-order valence-corrected chi connectivity index (χ1v) is 10.1. The van der Waals surface area contributed by atoms with Crippen LogP contribution in [0.5, 0.6) is 0 Å². The number of ether oxygens (including phenoxy) is 1. The van der Waals surface area contributed by atoms with E-state index in [2.05, 4.69) is 10.3 Å². The van der Waals surface area contributed by atoms with E-state index in [9.17, 15) is 14.7 Å². The van der Waals surface area contributed by atoms with Crippen LogP contribution in [0.3, 0.4) is 0 Å².